The highest BCUT2D eigenvalue weighted by molar-refractivity contribution is 6.30. The van der Waals surface area contributed by atoms with Gasteiger partial charge in [-0.25, -0.2) is 0 Å². The van der Waals surface area contributed by atoms with Crippen LogP contribution in [0.4, 0.5) is 0 Å². The van der Waals surface area contributed by atoms with Crippen molar-refractivity contribution < 1.29 is 9.53 Å². The van der Waals surface area contributed by atoms with Gasteiger partial charge in [-0.2, -0.15) is 0 Å². The zero-order valence-corrected chi connectivity index (χ0v) is 14.7. The lowest BCUT2D eigenvalue weighted by Gasteiger charge is -2.35. The molecule has 5 nitrogen and oxygen atoms in total. The molecule has 1 heterocycles. The van der Waals surface area contributed by atoms with Gasteiger partial charge in [0.15, 0.2) is 0 Å². The van der Waals surface area contributed by atoms with Gasteiger partial charge in [-0.15, -0.1) is 0 Å². The Kier molecular flexibility index (Phi) is 6.11. The molecule has 1 aliphatic carbocycles. The third-order valence-corrected chi connectivity index (χ3v) is 5.27. The third-order valence-electron chi connectivity index (χ3n) is 5.03. The van der Waals surface area contributed by atoms with E-state index >= 15 is 0 Å². The lowest BCUT2D eigenvalue weighted by molar-refractivity contribution is -0.125. The fourth-order valence-electron chi connectivity index (χ4n) is 3.66. The number of carbonyl (C=O) groups is 1. The predicted molar refractivity (Wildman–Crippen MR) is 94.9 cm³/mol. The van der Waals surface area contributed by atoms with E-state index in [4.69, 9.17) is 22.1 Å². The maximum atomic E-state index is 12.4. The van der Waals surface area contributed by atoms with Gasteiger partial charge in [-0.05, 0) is 37.0 Å². The highest BCUT2D eigenvalue weighted by Gasteiger charge is 2.29. The molecule has 24 heavy (non-hydrogen) atoms. The number of hydrogen-bond acceptors (Lipinski definition) is 4. The fourth-order valence-corrected chi connectivity index (χ4v) is 3.86. The minimum Gasteiger partial charge on any atom is -0.379 e. The fraction of sp³-hybridized carbons (Fsp3) is 0.611. The van der Waals surface area contributed by atoms with Gasteiger partial charge in [0.1, 0.15) is 0 Å². The summed E-state index contributed by atoms with van der Waals surface area (Å²) in [5.74, 6) is 0.188. The van der Waals surface area contributed by atoms with Gasteiger partial charge in [0.05, 0.1) is 19.3 Å². The lowest BCUT2D eigenvalue weighted by Crippen LogP contribution is -2.44. The van der Waals surface area contributed by atoms with Gasteiger partial charge in [0.2, 0.25) is 5.91 Å². The molecule has 1 amide bonds. The van der Waals surface area contributed by atoms with Crippen molar-refractivity contribution in [1.82, 2.24) is 10.2 Å². The van der Waals surface area contributed by atoms with Crippen molar-refractivity contribution in [2.24, 2.45) is 11.7 Å². The van der Waals surface area contributed by atoms with E-state index in [9.17, 15) is 4.79 Å². The van der Waals surface area contributed by atoms with Gasteiger partial charge in [0.25, 0.3) is 0 Å². The minimum atomic E-state index is 0.0599. The second kappa shape index (κ2) is 8.30. The molecule has 0 radical (unpaired) electrons. The zero-order chi connectivity index (χ0) is 16.9. The van der Waals surface area contributed by atoms with Crippen LogP contribution < -0.4 is 11.1 Å². The van der Waals surface area contributed by atoms with E-state index < -0.39 is 0 Å². The van der Waals surface area contributed by atoms with Crippen LogP contribution in [0.1, 0.15) is 30.9 Å². The molecule has 2 aliphatic rings. The second-order valence-electron chi connectivity index (χ2n) is 6.73. The van der Waals surface area contributed by atoms with Crippen LogP contribution in [0, 0.1) is 5.92 Å². The number of halogens is 1. The van der Waals surface area contributed by atoms with Gasteiger partial charge < -0.3 is 15.8 Å². The quantitative estimate of drug-likeness (QED) is 0.851. The van der Waals surface area contributed by atoms with E-state index in [1.165, 1.54) is 0 Å². The van der Waals surface area contributed by atoms with Crippen molar-refractivity contribution >= 4 is 17.5 Å². The molecule has 1 aromatic carbocycles. The Labute approximate surface area is 148 Å². The Hall–Kier alpha value is -1.14. The monoisotopic (exact) mass is 351 g/mol. The number of hydrogen-bond donors (Lipinski definition) is 2. The minimum absolute atomic E-state index is 0.0599. The maximum Gasteiger partial charge on any atom is 0.223 e. The highest BCUT2D eigenvalue weighted by Crippen LogP contribution is 2.26. The van der Waals surface area contributed by atoms with Gasteiger partial charge in [0, 0.05) is 36.6 Å². The number of nitrogens with zero attached hydrogens (tertiary/aromatic N) is 1. The van der Waals surface area contributed by atoms with E-state index in [1.807, 2.05) is 18.2 Å². The van der Waals surface area contributed by atoms with Gasteiger partial charge in [-0.1, -0.05) is 23.7 Å². The number of morpholine rings is 1. The molecule has 132 valence electrons. The first-order valence-corrected chi connectivity index (χ1v) is 9.12. The average Bonchev–Trinajstić information content (AvgIpc) is 3.02. The summed E-state index contributed by atoms with van der Waals surface area (Å²) in [6.45, 7) is 3.76. The number of ether oxygens (including phenoxy) is 1. The van der Waals surface area contributed by atoms with Crippen LogP contribution in [0.25, 0.3) is 0 Å². The molecule has 1 aromatic rings. The number of nitrogens with one attached hydrogen (secondary N) is 1. The largest absolute Gasteiger partial charge is 0.379 e. The van der Waals surface area contributed by atoms with Gasteiger partial charge in [-0.3, -0.25) is 9.69 Å². The highest BCUT2D eigenvalue weighted by atomic mass is 35.5. The van der Waals surface area contributed by atoms with E-state index in [2.05, 4.69) is 16.3 Å². The summed E-state index contributed by atoms with van der Waals surface area (Å²) in [6.07, 6.45) is 2.64. The predicted octanol–water partition coefficient (Wildman–Crippen LogP) is 1.96. The first-order chi connectivity index (χ1) is 11.6. The van der Waals surface area contributed by atoms with Crippen molar-refractivity contribution in [3.63, 3.8) is 0 Å². The molecule has 3 N–H and O–H groups in total. The number of nitrogens with two attached hydrogens (primary N) is 1. The summed E-state index contributed by atoms with van der Waals surface area (Å²) >= 11 is 6.17. The van der Waals surface area contributed by atoms with Crippen LogP contribution >= 0.6 is 11.6 Å². The Morgan fingerprint density at radius 3 is 2.83 bits per heavy atom. The molecule has 1 aliphatic heterocycles. The number of benzene rings is 1. The Balaban J connectivity index is 1.66. The summed E-state index contributed by atoms with van der Waals surface area (Å²) in [5.41, 5.74) is 7.06. The van der Waals surface area contributed by atoms with Crippen molar-refractivity contribution in [2.45, 2.75) is 31.3 Å². The van der Waals surface area contributed by atoms with E-state index in [-0.39, 0.29) is 23.9 Å². The maximum absolute atomic E-state index is 12.4. The average molecular weight is 352 g/mol. The normalized spacial score (nSPS) is 26.2. The molecule has 0 aromatic heterocycles. The first-order valence-electron chi connectivity index (χ1n) is 8.74. The van der Waals surface area contributed by atoms with Crippen LogP contribution in [-0.4, -0.2) is 49.7 Å². The smallest absolute Gasteiger partial charge is 0.223 e. The van der Waals surface area contributed by atoms with Crippen molar-refractivity contribution in [3.8, 4) is 0 Å². The molecule has 3 atom stereocenters. The number of carbonyl (C=O) groups excluding carboxylic acids is 1. The Morgan fingerprint density at radius 1 is 1.38 bits per heavy atom. The van der Waals surface area contributed by atoms with Crippen molar-refractivity contribution in [3.05, 3.63) is 34.9 Å². The molecule has 1 saturated carbocycles. The third kappa shape index (κ3) is 4.48. The molecule has 3 unspecified atom stereocenters. The van der Waals surface area contributed by atoms with E-state index in [0.717, 1.165) is 56.2 Å². The molecule has 2 fully saturated rings. The molecule has 0 spiro atoms. The van der Waals surface area contributed by atoms with Crippen LogP contribution in [0.3, 0.4) is 0 Å². The van der Waals surface area contributed by atoms with E-state index in [1.54, 1.807) is 0 Å². The summed E-state index contributed by atoms with van der Waals surface area (Å²) in [4.78, 5) is 14.8. The summed E-state index contributed by atoms with van der Waals surface area (Å²) in [5, 5.41) is 3.86. The van der Waals surface area contributed by atoms with Crippen molar-refractivity contribution in [1.29, 1.82) is 0 Å². The van der Waals surface area contributed by atoms with Crippen LogP contribution in [0.2, 0.25) is 5.02 Å². The van der Waals surface area contributed by atoms with Gasteiger partial charge >= 0.3 is 0 Å². The standard InChI is InChI=1S/C18H26ClN3O2/c19-15-3-1-2-13(10-15)17(22-6-8-24-9-7-22)12-21-18(23)14-4-5-16(20)11-14/h1-3,10,14,16-17H,4-9,11-12,20H2,(H,21,23). The van der Waals surface area contributed by atoms with E-state index in [0.29, 0.717) is 6.54 Å². The van der Waals surface area contributed by atoms with Crippen LogP contribution in [0.15, 0.2) is 24.3 Å². The molecule has 6 heteroatoms. The summed E-state index contributed by atoms with van der Waals surface area (Å²) < 4.78 is 5.46. The van der Waals surface area contributed by atoms with Crippen LogP contribution in [0.5, 0.6) is 0 Å². The second-order valence-corrected chi connectivity index (χ2v) is 7.17. The van der Waals surface area contributed by atoms with Crippen LogP contribution in [-0.2, 0) is 9.53 Å². The molecule has 1 saturated heterocycles. The molecule has 3 rings (SSSR count). The summed E-state index contributed by atoms with van der Waals surface area (Å²) in [6, 6.07) is 8.18. The SMILES string of the molecule is NC1CCC(C(=O)NCC(c2cccc(Cl)c2)N2CCOCC2)C1. The molecule has 0 bridgehead atoms. The zero-order valence-electron chi connectivity index (χ0n) is 13.9. The van der Waals surface area contributed by atoms with Crippen molar-refractivity contribution in [2.75, 3.05) is 32.8 Å². The molecular weight excluding hydrogens is 326 g/mol. The lowest BCUT2D eigenvalue weighted by atomic mass is 10.0. The Bertz CT molecular complexity index is 563. The topological polar surface area (TPSA) is 67.6 Å². The number of rotatable bonds is 5. The number of amides is 1. The Morgan fingerprint density at radius 2 is 2.17 bits per heavy atom. The summed E-state index contributed by atoms with van der Waals surface area (Å²) in [7, 11) is 0. The molecular formula is C18H26ClN3O2. The first kappa shape index (κ1) is 17.7.